The van der Waals surface area contributed by atoms with Gasteiger partial charge in [-0.1, -0.05) is 231 Å². The average molecular weight is 601 g/mol. The van der Waals surface area contributed by atoms with Crippen molar-refractivity contribution in [2.24, 2.45) is 5.92 Å². The Morgan fingerprint density at radius 1 is 0.302 bits per heavy atom. The second kappa shape index (κ2) is 39.5. The van der Waals surface area contributed by atoms with E-state index < -0.39 is 0 Å². The molecule has 0 heterocycles. The van der Waals surface area contributed by atoms with Crippen LogP contribution in [0, 0.1) is 5.92 Å². The molecule has 0 rings (SSSR count). The minimum atomic E-state index is 1.01. The van der Waals surface area contributed by atoms with E-state index in [1.165, 1.54) is 238 Å². The smallest absolute Gasteiger partial charge is 0.0353 e. The van der Waals surface area contributed by atoms with Crippen LogP contribution >= 0.6 is 0 Å². The summed E-state index contributed by atoms with van der Waals surface area (Å²) in [4.78, 5) is 0. The highest BCUT2D eigenvalue weighted by molar-refractivity contribution is 4.66. The first kappa shape index (κ1) is 42.5. The maximum Gasteiger partial charge on any atom is -0.0353 e. The fourth-order valence-corrected chi connectivity index (χ4v) is 6.95. The van der Waals surface area contributed by atoms with Crippen LogP contribution in [0.4, 0.5) is 0 Å². The van der Waals surface area contributed by atoms with Crippen LogP contribution in [-0.2, 0) is 0 Å². The highest BCUT2D eigenvalue weighted by Crippen LogP contribution is 2.22. The first-order chi connectivity index (χ1) is 21.3. The summed E-state index contributed by atoms with van der Waals surface area (Å²) in [5.74, 6) is 1.01. The Labute approximate surface area is 275 Å². The molecule has 0 bridgehead atoms. The van der Waals surface area contributed by atoms with Crippen LogP contribution in [0.1, 0.15) is 244 Å². The molecule has 0 unspecified atom stereocenters. The molecular weight excluding hydrogens is 516 g/mol. The number of rotatable bonds is 39. The van der Waals surface area contributed by atoms with E-state index in [1.807, 2.05) is 0 Å². The van der Waals surface area contributed by atoms with Crippen LogP contribution in [0.5, 0.6) is 0 Å². The third kappa shape index (κ3) is 37.6. The molecule has 0 atom stereocenters. The summed E-state index contributed by atoms with van der Waals surface area (Å²) < 4.78 is 0. The Kier molecular flexibility index (Phi) is 39.0. The Morgan fingerprint density at radius 3 is 0.674 bits per heavy atom. The Hall–Kier alpha value is -0.520. The fourth-order valence-electron chi connectivity index (χ4n) is 6.95. The molecule has 0 aromatic heterocycles. The van der Waals surface area contributed by atoms with Gasteiger partial charge in [0.2, 0.25) is 0 Å². The Morgan fingerprint density at radius 2 is 0.488 bits per heavy atom. The highest BCUT2D eigenvalue weighted by atomic mass is 14.1. The van der Waals surface area contributed by atoms with E-state index in [4.69, 9.17) is 0 Å². The van der Waals surface area contributed by atoms with Crippen molar-refractivity contribution < 1.29 is 0 Å². The van der Waals surface area contributed by atoms with Crippen molar-refractivity contribution in [2.75, 3.05) is 0 Å². The molecule has 0 aliphatic heterocycles. The van der Waals surface area contributed by atoms with Gasteiger partial charge >= 0.3 is 0 Å². The number of hydrogen-bond acceptors (Lipinski definition) is 0. The summed E-state index contributed by atoms with van der Waals surface area (Å²) in [6.07, 6.45) is 57.8. The van der Waals surface area contributed by atoms with E-state index in [9.17, 15) is 0 Å². The quantitative estimate of drug-likeness (QED) is 0.0486. The molecule has 0 aromatic rings. The van der Waals surface area contributed by atoms with Gasteiger partial charge in [0.05, 0.1) is 0 Å². The van der Waals surface area contributed by atoms with Gasteiger partial charge in [-0.2, -0.15) is 0 Å². The summed E-state index contributed by atoms with van der Waals surface area (Å²) >= 11 is 0. The van der Waals surface area contributed by atoms with Crippen molar-refractivity contribution in [2.45, 2.75) is 244 Å². The Balaban J connectivity index is 3.25. The SMILES string of the molecule is C=CCCCCCCCCCCCCCCCCCCC(CC)CCCCCCCCCCCCCCCCCCC=C. The van der Waals surface area contributed by atoms with E-state index in [0.29, 0.717) is 0 Å². The molecule has 0 N–H and O–H groups in total. The molecule has 0 heteroatoms. The first-order valence-electron chi connectivity index (χ1n) is 20.6. The highest BCUT2D eigenvalue weighted by Gasteiger charge is 2.06. The monoisotopic (exact) mass is 601 g/mol. The standard InChI is InChI=1S/C43H84/c1-4-7-9-11-13-15-17-19-21-23-25-27-29-31-33-35-37-39-41-43(6-3)42-40-38-36-34-32-30-28-26-24-22-20-18-16-14-12-10-8-5-2/h4-5,43H,1-2,6-42H2,3H3. The van der Waals surface area contributed by atoms with Crippen LogP contribution in [0.15, 0.2) is 25.3 Å². The van der Waals surface area contributed by atoms with Crippen LogP contribution in [0.2, 0.25) is 0 Å². The predicted octanol–water partition coefficient (Wildman–Crippen LogP) is 16.4. The van der Waals surface area contributed by atoms with Crippen molar-refractivity contribution in [3.63, 3.8) is 0 Å². The van der Waals surface area contributed by atoms with Gasteiger partial charge in [-0.3, -0.25) is 0 Å². The third-order valence-corrected chi connectivity index (χ3v) is 10.1. The van der Waals surface area contributed by atoms with Crippen molar-refractivity contribution in [1.29, 1.82) is 0 Å². The van der Waals surface area contributed by atoms with Gasteiger partial charge in [0, 0.05) is 0 Å². The lowest BCUT2D eigenvalue weighted by atomic mass is 9.92. The molecule has 0 spiro atoms. The topological polar surface area (TPSA) is 0 Å². The first-order valence-corrected chi connectivity index (χ1v) is 20.6. The van der Waals surface area contributed by atoms with Crippen molar-refractivity contribution in [3.8, 4) is 0 Å². The van der Waals surface area contributed by atoms with E-state index in [0.717, 1.165) is 5.92 Å². The molecule has 0 amide bonds. The second-order valence-corrected chi connectivity index (χ2v) is 14.3. The van der Waals surface area contributed by atoms with Gasteiger partial charge in [0.15, 0.2) is 0 Å². The number of allylic oxidation sites excluding steroid dienone is 2. The zero-order valence-electron chi connectivity index (χ0n) is 30.3. The molecule has 0 aliphatic rings. The van der Waals surface area contributed by atoms with E-state index >= 15 is 0 Å². The lowest BCUT2D eigenvalue weighted by Crippen LogP contribution is -1.99. The fraction of sp³-hybridized carbons (Fsp3) is 0.907. The lowest BCUT2D eigenvalue weighted by molar-refractivity contribution is 0.392. The lowest BCUT2D eigenvalue weighted by Gasteiger charge is -2.14. The zero-order chi connectivity index (χ0) is 31.2. The largest absolute Gasteiger partial charge is 0.103 e. The molecule has 0 aromatic carbocycles. The van der Waals surface area contributed by atoms with E-state index in [-0.39, 0.29) is 0 Å². The molecule has 0 nitrogen and oxygen atoms in total. The maximum atomic E-state index is 3.81. The molecule has 43 heavy (non-hydrogen) atoms. The molecule has 256 valence electrons. The van der Waals surface area contributed by atoms with Crippen LogP contribution in [0.25, 0.3) is 0 Å². The minimum Gasteiger partial charge on any atom is -0.103 e. The molecule has 0 saturated carbocycles. The summed E-state index contributed by atoms with van der Waals surface area (Å²) in [6, 6.07) is 0. The van der Waals surface area contributed by atoms with Gasteiger partial charge in [-0.15, -0.1) is 13.2 Å². The van der Waals surface area contributed by atoms with Crippen molar-refractivity contribution >= 4 is 0 Å². The van der Waals surface area contributed by atoms with E-state index in [2.05, 4.69) is 32.2 Å². The van der Waals surface area contributed by atoms with Gasteiger partial charge in [0.25, 0.3) is 0 Å². The second-order valence-electron chi connectivity index (χ2n) is 14.3. The van der Waals surface area contributed by atoms with Gasteiger partial charge in [0.1, 0.15) is 0 Å². The van der Waals surface area contributed by atoms with Gasteiger partial charge in [-0.05, 0) is 31.6 Å². The predicted molar refractivity (Wildman–Crippen MR) is 200 cm³/mol. The summed E-state index contributed by atoms with van der Waals surface area (Å²) in [5.41, 5.74) is 0. The number of hydrogen-bond donors (Lipinski definition) is 0. The maximum absolute atomic E-state index is 3.81. The Bertz CT molecular complexity index is 460. The van der Waals surface area contributed by atoms with Crippen molar-refractivity contribution in [3.05, 3.63) is 25.3 Å². The summed E-state index contributed by atoms with van der Waals surface area (Å²) in [7, 11) is 0. The summed E-state index contributed by atoms with van der Waals surface area (Å²) in [6.45, 7) is 10.1. The molecule has 0 saturated heterocycles. The average Bonchev–Trinajstić information content (AvgIpc) is 3.02. The van der Waals surface area contributed by atoms with Gasteiger partial charge < -0.3 is 0 Å². The van der Waals surface area contributed by atoms with E-state index in [1.54, 1.807) is 0 Å². The third-order valence-electron chi connectivity index (χ3n) is 10.1. The molecular formula is C43H84. The zero-order valence-corrected chi connectivity index (χ0v) is 30.3. The molecule has 0 aliphatic carbocycles. The summed E-state index contributed by atoms with van der Waals surface area (Å²) in [5, 5.41) is 0. The van der Waals surface area contributed by atoms with Crippen LogP contribution in [-0.4, -0.2) is 0 Å². The molecule has 0 fully saturated rings. The number of unbranched alkanes of at least 4 members (excludes halogenated alkanes) is 32. The van der Waals surface area contributed by atoms with Crippen molar-refractivity contribution in [1.82, 2.24) is 0 Å². The minimum absolute atomic E-state index is 1.01. The normalized spacial score (nSPS) is 11.5. The molecule has 0 radical (unpaired) electrons. The van der Waals surface area contributed by atoms with Crippen LogP contribution in [0.3, 0.4) is 0 Å². The van der Waals surface area contributed by atoms with Crippen LogP contribution < -0.4 is 0 Å². The van der Waals surface area contributed by atoms with Gasteiger partial charge in [-0.25, -0.2) is 0 Å².